The van der Waals surface area contributed by atoms with Crippen LogP contribution in [-0.4, -0.2) is 39.0 Å². The minimum absolute atomic E-state index is 0.0542. The van der Waals surface area contributed by atoms with Crippen molar-refractivity contribution in [2.24, 2.45) is 0 Å². The second kappa shape index (κ2) is 10.5. The number of methoxy groups -OCH3 is 1. The van der Waals surface area contributed by atoms with Crippen molar-refractivity contribution in [3.8, 4) is 11.5 Å². The number of carbonyl (C=O) groups excluding carboxylic acids is 1. The quantitative estimate of drug-likeness (QED) is 0.356. The Labute approximate surface area is 191 Å². The number of anilines is 1. The minimum Gasteiger partial charge on any atom is -0.493 e. The number of rotatable bonds is 9. The Morgan fingerprint density at radius 1 is 1.09 bits per heavy atom. The first kappa shape index (κ1) is 23.6. The number of benzene rings is 2. The standard InChI is InChI=1S/C22H24N2O6S2/c1-28-20-11-6-16(13-21(20)30-32(3,26)27)14-24(15-18-5-4-12-29-18)22(25)23-17-7-9-19(31-2)10-8-17/h4-13H,14-15H2,1-3H3,(H,23,25). The lowest BCUT2D eigenvalue weighted by atomic mass is 10.2. The highest BCUT2D eigenvalue weighted by atomic mass is 32.2. The highest BCUT2D eigenvalue weighted by molar-refractivity contribution is 7.98. The fourth-order valence-electron chi connectivity index (χ4n) is 2.94. The molecule has 2 aromatic carbocycles. The number of hydrogen-bond acceptors (Lipinski definition) is 7. The maximum Gasteiger partial charge on any atom is 0.322 e. The van der Waals surface area contributed by atoms with Crippen molar-refractivity contribution >= 4 is 33.6 Å². The molecule has 8 nitrogen and oxygen atoms in total. The molecule has 2 amide bonds. The van der Waals surface area contributed by atoms with E-state index in [1.165, 1.54) is 19.4 Å². The Hall–Kier alpha value is -3.11. The van der Waals surface area contributed by atoms with Crippen LogP contribution in [0.2, 0.25) is 0 Å². The monoisotopic (exact) mass is 476 g/mol. The van der Waals surface area contributed by atoms with Crippen molar-refractivity contribution in [2.75, 3.05) is 24.9 Å². The molecular weight excluding hydrogens is 452 g/mol. The molecule has 0 aliphatic rings. The van der Waals surface area contributed by atoms with Crippen LogP contribution in [0, 0.1) is 0 Å². The van der Waals surface area contributed by atoms with Gasteiger partial charge in [0.2, 0.25) is 0 Å². The molecule has 0 atom stereocenters. The maximum atomic E-state index is 13.1. The van der Waals surface area contributed by atoms with Crippen LogP contribution in [0.4, 0.5) is 10.5 Å². The van der Waals surface area contributed by atoms with Crippen LogP contribution in [0.5, 0.6) is 11.5 Å². The summed E-state index contributed by atoms with van der Waals surface area (Å²) in [5.41, 5.74) is 1.32. The fourth-order valence-corrected chi connectivity index (χ4v) is 3.80. The van der Waals surface area contributed by atoms with E-state index in [-0.39, 0.29) is 30.6 Å². The summed E-state index contributed by atoms with van der Waals surface area (Å²) < 4.78 is 38.8. The van der Waals surface area contributed by atoms with Gasteiger partial charge in [0.25, 0.3) is 0 Å². The molecule has 1 aromatic heterocycles. The van der Waals surface area contributed by atoms with Crippen LogP contribution in [0.1, 0.15) is 11.3 Å². The fraction of sp³-hybridized carbons (Fsp3) is 0.227. The van der Waals surface area contributed by atoms with Crippen LogP contribution in [0.15, 0.2) is 70.2 Å². The number of furan rings is 1. The molecule has 1 N–H and O–H groups in total. The van der Waals surface area contributed by atoms with E-state index in [2.05, 4.69) is 5.32 Å². The van der Waals surface area contributed by atoms with Crippen LogP contribution < -0.4 is 14.2 Å². The third-order valence-electron chi connectivity index (χ3n) is 4.40. The van der Waals surface area contributed by atoms with Crippen molar-refractivity contribution < 1.29 is 26.5 Å². The summed E-state index contributed by atoms with van der Waals surface area (Å²) in [7, 11) is -2.33. The van der Waals surface area contributed by atoms with Crippen LogP contribution in [0.25, 0.3) is 0 Å². The van der Waals surface area contributed by atoms with Gasteiger partial charge in [0, 0.05) is 17.1 Å². The zero-order chi connectivity index (χ0) is 23.1. The molecule has 0 unspecified atom stereocenters. The first-order valence-electron chi connectivity index (χ1n) is 9.56. The van der Waals surface area contributed by atoms with Gasteiger partial charge < -0.3 is 23.6 Å². The molecule has 0 aliphatic carbocycles. The molecule has 0 saturated carbocycles. The second-order valence-electron chi connectivity index (χ2n) is 6.87. The highest BCUT2D eigenvalue weighted by Gasteiger charge is 2.18. The van der Waals surface area contributed by atoms with Crippen LogP contribution in [-0.2, 0) is 23.2 Å². The van der Waals surface area contributed by atoms with Gasteiger partial charge in [-0.1, -0.05) is 6.07 Å². The van der Waals surface area contributed by atoms with Gasteiger partial charge in [0.1, 0.15) is 5.76 Å². The van der Waals surface area contributed by atoms with Crippen molar-refractivity contribution in [3.63, 3.8) is 0 Å². The Morgan fingerprint density at radius 3 is 2.44 bits per heavy atom. The Balaban J connectivity index is 1.83. The largest absolute Gasteiger partial charge is 0.493 e. The summed E-state index contributed by atoms with van der Waals surface area (Å²) in [5.74, 6) is 0.938. The number of carbonyl (C=O) groups is 1. The summed E-state index contributed by atoms with van der Waals surface area (Å²) >= 11 is 1.61. The first-order valence-corrected chi connectivity index (χ1v) is 12.6. The third-order valence-corrected chi connectivity index (χ3v) is 5.62. The number of thioether (sulfide) groups is 1. The van der Waals surface area contributed by atoms with E-state index in [0.29, 0.717) is 17.0 Å². The molecule has 0 fully saturated rings. The number of ether oxygens (including phenoxy) is 1. The average Bonchev–Trinajstić information content (AvgIpc) is 3.26. The molecule has 0 aliphatic heterocycles. The predicted octanol–water partition coefficient (Wildman–Crippen LogP) is 4.58. The molecule has 0 radical (unpaired) electrons. The smallest absolute Gasteiger partial charge is 0.322 e. The van der Waals surface area contributed by atoms with Crippen LogP contribution in [0.3, 0.4) is 0 Å². The van der Waals surface area contributed by atoms with E-state index in [9.17, 15) is 13.2 Å². The van der Waals surface area contributed by atoms with E-state index in [1.54, 1.807) is 40.9 Å². The second-order valence-corrected chi connectivity index (χ2v) is 9.32. The number of urea groups is 1. The number of nitrogens with zero attached hydrogens (tertiary/aromatic N) is 1. The van der Waals surface area contributed by atoms with E-state index >= 15 is 0 Å². The molecule has 0 bridgehead atoms. The van der Waals surface area contributed by atoms with Gasteiger partial charge in [-0.15, -0.1) is 11.8 Å². The molecule has 170 valence electrons. The van der Waals surface area contributed by atoms with Gasteiger partial charge in [-0.25, -0.2) is 4.79 Å². The SMILES string of the molecule is COc1ccc(CN(Cc2ccco2)C(=O)Nc2ccc(SC)cc2)cc1OS(C)(=O)=O. The van der Waals surface area contributed by atoms with Gasteiger partial charge in [-0.2, -0.15) is 8.42 Å². The topological polar surface area (TPSA) is 98.1 Å². The molecule has 0 spiro atoms. The number of amides is 2. The Morgan fingerprint density at radius 2 is 1.84 bits per heavy atom. The molecule has 10 heteroatoms. The first-order chi connectivity index (χ1) is 15.3. The van der Waals surface area contributed by atoms with Crippen molar-refractivity contribution in [2.45, 2.75) is 18.0 Å². The van der Waals surface area contributed by atoms with Gasteiger partial charge >= 0.3 is 16.1 Å². The molecule has 0 saturated heterocycles. The predicted molar refractivity (Wildman–Crippen MR) is 124 cm³/mol. The molecular formula is C22H24N2O6S2. The maximum absolute atomic E-state index is 13.1. The summed E-state index contributed by atoms with van der Waals surface area (Å²) in [4.78, 5) is 15.7. The van der Waals surface area contributed by atoms with E-state index in [0.717, 1.165) is 11.2 Å². The summed E-state index contributed by atoms with van der Waals surface area (Å²) in [6.45, 7) is 0.398. The zero-order valence-electron chi connectivity index (χ0n) is 17.9. The average molecular weight is 477 g/mol. The summed E-state index contributed by atoms with van der Waals surface area (Å²) in [6.07, 6.45) is 4.48. The third kappa shape index (κ3) is 6.69. The highest BCUT2D eigenvalue weighted by Crippen LogP contribution is 2.30. The zero-order valence-corrected chi connectivity index (χ0v) is 19.5. The van der Waals surface area contributed by atoms with E-state index < -0.39 is 10.1 Å². The van der Waals surface area contributed by atoms with Gasteiger partial charge in [0.15, 0.2) is 11.5 Å². The van der Waals surface area contributed by atoms with Crippen LogP contribution >= 0.6 is 11.8 Å². The summed E-state index contributed by atoms with van der Waals surface area (Å²) in [6, 6.07) is 15.6. The van der Waals surface area contributed by atoms with Gasteiger partial charge in [-0.05, 0) is 60.4 Å². The van der Waals surface area contributed by atoms with Gasteiger partial charge in [-0.3, -0.25) is 0 Å². The van der Waals surface area contributed by atoms with Gasteiger partial charge in [0.05, 0.1) is 26.2 Å². The normalized spacial score (nSPS) is 11.1. The Bertz CT molecular complexity index is 1150. The number of nitrogens with one attached hydrogen (secondary N) is 1. The minimum atomic E-state index is -3.75. The summed E-state index contributed by atoms with van der Waals surface area (Å²) in [5, 5.41) is 2.89. The molecule has 3 aromatic rings. The molecule has 32 heavy (non-hydrogen) atoms. The lowest BCUT2D eigenvalue weighted by molar-refractivity contribution is 0.201. The van der Waals surface area contributed by atoms with Crippen molar-refractivity contribution in [3.05, 3.63) is 72.2 Å². The van der Waals surface area contributed by atoms with E-state index in [4.69, 9.17) is 13.3 Å². The Kier molecular flexibility index (Phi) is 7.70. The van der Waals surface area contributed by atoms with Crippen molar-refractivity contribution in [1.82, 2.24) is 4.90 Å². The lowest BCUT2D eigenvalue weighted by Gasteiger charge is -2.23. The lowest BCUT2D eigenvalue weighted by Crippen LogP contribution is -2.34. The van der Waals surface area contributed by atoms with E-state index in [1.807, 2.05) is 30.5 Å². The molecule has 3 rings (SSSR count). The molecule has 1 heterocycles. The van der Waals surface area contributed by atoms with Crippen molar-refractivity contribution in [1.29, 1.82) is 0 Å². The number of hydrogen-bond donors (Lipinski definition) is 1.